The standard InChI is InChI=1S/C12H31NSi2/c1-13(2)9-8-10-15(6,7)12-11-14(3,4)5/h8-12H2,1-7H3. The molecule has 0 heterocycles. The van der Waals surface area contributed by atoms with Crippen LogP contribution in [0, 0.1) is 0 Å². The maximum Gasteiger partial charge on any atom is 0.0471 e. The Bertz CT molecular complexity index is 171. The van der Waals surface area contributed by atoms with Crippen LogP contribution in [0.25, 0.3) is 0 Å². The summed E-state index contributed by atoms with van der Waals surface area (Å²) in [7, 11) is 2.68. The second-order valence-corrected chi connectivity index (χ2v) is 18.1. The fraction of sp³-hybridized carbons (Fsp3) is 1.00. The second kappa shape index (κ2) is 6.21. The van der Waals surface area contributed by atoms with Gasteiger partial charge in [-0.3, -0.25) is 0 Å². The Morgan fingerprint density at radius 2 is 1.33 bits per heavy atom. The topological polar surface area (TPSA) is 3.24 Å². The quantitative estimate of drug-likeness (QED) is 0.613. The lowest BCUT2D eigenvalue weighted by Gasteiger charge is -2.26. The predicted octanol–water partition coefficient (Wildman–Crippen LogP) is 3.98. The van der Waals surface area contributed by atoms with E-state index in [-0.39, 0.29) is 0 Å². The summed E-state index contributed by atoms with van der Waals surface area (Å²) in [5.74, 6) is 0. The van der Waals surface area contributed by atoms with Crippen LogP contribution in [-0.4, -0.2) is 41.7 Å². The highest BCUT2D eigenvalue weighted by molar-refractivity contribution is 6.82. The summed E-state index contributed by atoms with van der Waals surface area (Å²) >= 11 is 0. The molecule has 0 aliphatic rings. The molecule has 3 heteroatoms. The first-order valence-corrected chi connectivity index (χ1v) is 13.4. The molecule has 0 N–H and O–H groups in total. The van der Waals surface area contributed by atoms with E-state index in [1.54, 1.807) is 6.04 Å². The Morgan fingerprint density at radius 1 is 0.800 bits per heavy atom. The lowest BCUT2D eigenvalue weighted by molar-refractivity contribution is 0.407. The van der Waals surface area contributed by atoms with Crippen LogP contribution in [0.1, 0.15) is 6.42 Å². The van der Waals surface area contributed by atoms with Crippen LogP contribution < -0.4 is 0 Å². The fourth-order valence-electron chi connectivity index (χ4n) is 1.71. The van der Waals surface area contributed by atoms with Gasteiger partial charge in [0.25, 0.3) is 0 Å². The van der Waals surface area contributed by atoms with Crippen LogP contribution in [0.2, 0.25) is 50.9 Å². The first-order valence-electron chi connectivity index (χ1n) is 6.27. The molecule has 0 aliphatic heterocycles. The monoisotopic (exact) mass is 245 g/mol. The minimum absolute atomic E-state index is 0.804. The van der Waals surface area contributed by atoms with Crippen LogP contribution >= 0.6 is 0 Å². The third-order valence-electron chi connectivity index (χ3n) is 3.01. The number of hydrogen-bond donors (Lipinski definition) is 0. The summed E-state index contributed by atoms with van der Waals surface area (Å²) in [6, 6.07) is 4.60. The Kier molecular flexibility index (Phi) is 6.37. The summed E-state index contributed by atoms with van der Waals surface area (Å²) in [5.41, 5.74) is 0. The van der Waals surface area contributed by atoms with Crippen molar-refractivity contribution < 1.29 is 0 Å². The molecule has 0 aliphatic carbocycles. The fourth-order valence-corrected chi connectivity index (χ4v) is 8.78. The van der Waals surface area contributed by atoms with E-state index in [0.29, 0.717) is 0 Å². The zero-order valence-electron chi connectivity index (χ0n) is 12.0. The third kappa shape index (κ3) is 10.7. The average Bonchev–Trinajstić information content (AvgIpc) is 1.99. The molecule has 0 unspecified atom stereocenters. The molecule has 0 bridgehead atoms. The highest BCUT2D eigenvalue weighted by Gasteiger charge is 2.23. The van der Waals surface area contributed by atoms with Gasteiger partial charge in [0.05, 0.1) is 0 Å². The van der Waals surface area contributed by atoms with Gasteiger partial charge in [-0.15, -0.1) is 0 Å². The zero-order valence-corrected chi connectivity index (χ0v) is 14.0. The van der Waals surface area contributed by atoms with Crippen LogP contribution in [0.4, 0.5) is 0 Å². The van der Waals surface area contributed by atoms with Crippen molar-refractivity contribution in [2.24, 2.45) is 0 Å². The molecule has 0 radical (unpaired) electrons. The normalized spacial score (nSPS) is 13.6. The molecule has 0 fully saturated rings. The minimum atomic E-state index is -0.872. The Hall–Kier alpha value is 0.394. The maximum absolute atomic E-state index is 2.57. The van der Waals surface area contributed by atoms with Crippen molar-refractivity contribution in [3.8, 4) is 0 Å². The van der Waals surface area contributed by atoms with Gasteiger partial charge in [0, 0.05) is 16.1 Å². The van der Waals surface area contributed by atoms with Gasteiger partial charge in [0.1, 0.15) is 0 Å². The molecule has 92 valence electrons. The van der Waals surface area contributed by atoms with Crippen molar-refractivity contribution in [3.63, 3.8) is 0 Å². The summed E-state index contributed by atoms with van der Waals surface area (Å²) in [5, 5.41) is 0. The van der Waals surface area contributed by atoms with E-state index in [2.05, 4.69) is 51.7 Å². The Balaban J connectivity index is 3.77. The molecule has 0 amide bonds. The lowest BCUT2D eigenvalue weighted by Crippen LogP contribution is -2.31. The molecule has 15 heavy (non-hydrogen) atoms. The van der Waals surface area contributed by atoms with Crippen LogP contribution in [0.15, 0.2) is 0 Å². The van der Waals surface area contributed by atoms with Gasteiger partial charge in [0.2, 0.25) is 0 Å². The summed E-state index contributed by atoms with van der Waals surface area (Å²) < 4.78 is 0. The zero-order chi connectivity index (χ0) is 12.1. The largest absolute Gasteiger partial charge is 0.309 e. The van der Waals surface area contributed by atoms with Gasteiger partial charge < -0.3 is 4.90 Å². The Labute approximate surface area is 99.3 Å². The Morgan fingerprint density at radius 3 is 1.73 bits per heavy atom. The number of rotatable bonds is 7. The van der Waals surface area contributed by atoms with Crippen LogP contribution in [-0.2, 0) is 0 Å². The van der Waals surface area contributed by atoms with Crippen molar-refractivity contribution in [2.75, 3.05) is 20.6 Å². The van der Waals surface area contributed by atoms with E-state index >= 15 is 0 Å². The van der Waals surface area contributed by atoms with Crippen molar-refractivity contribution in [1.29, 1.82) is 0 Å². The highest BCUT2D eigenvalue weighted by Crippen LogP contribution is 2.24. The maximum atomic E-state index is 2.57. The molecule has 0 spiro atoms. The molecule has 0 aromatic rings. The van der Waals surface area contributed by atoms with Gasteiger partial charge in [-0.05, 0) is 27.1 Å². The van der Waals surface area contributed by atoms with E-state index in [1.807, 2.05) is 0 Å². The van der Waals surface area contributed by atoms with E-state index in [1.165, 1.54) is 25.1 Å². The molecule has 0 aromatic heterocycles. The molecule has 1 nitrogen and oxygen atoms in total. The average molecular weight is 246 g/mol. The molecular formula is C12H31NSi2. The molecule has 0 aromatic carbocycles. The van der Waals surface area contributed by atoms with Crippen LogP contribution in [0.3, 0.4) is 0 Å². The molecule has 0 saturated carbocycles. The van der Waals surface area contributed by atoms with Crippen molar-refractivity contribution in [1.82, 2.24) is 4.90 Å². The number of nitrogens with zero attached hydrogens (tertiary/aromatic N) is 1. The smallest absolute Gasteiger partial charge is 0.0471 e. The van der Waals surface area contributed by atoms with E-state index in [4.69, 9.17) is 0 Å². The van der Waals surface area contributed by atoms with Crippen molar-refractivity contribution in [3.05, 3.63) is 0 Å². The van der Waals surface area contributed by atoms with Gasteiger partial charge in [0.15, 0.2) is 0 Å². The third-order valence-corrected chi connectivity index (χ3v) is 8.57. The first kappa shape index (κ1) is 15.4. The number of hydrogen-bond acceptors (Lipinski definition) is 1. The molecule has 0 atom stereocenters. The first-order chi connectivity index (χ1) is 6.62. The summed E-state index contributed by atoms with van der Waals surface area (Å²) in [6.45, 7) is 13.9. The van der Waals surface area contributed by atoms with E-state index < -0.39 is 16.1 Å². The SMILES string of the molecule is CN(C)CCC[Si](C)(C)CC[Si](C)(C)C. The summed E-state index contributed by atoms with van der Waals surface area (Å²) in [6.07, 6.45) is 1.40. The summed E-state index contributed by atoms with van der Waals surface area (Å²) in [4.78, 5) is 2.31. The van der Waals surface area contributed by atoms with Gasteiger partial charge in [-0.25, -0.2) is 0 Å². The van der Waals surface area contributed by atoms with E-state index in [0.717, 1.165) is 0 Å². The predicted molar refractivity (Wildman–Crippen MR) is 78.4 cm³/mol. The van der Waals surface area contributed by atoms with Gasteiger partial charge in [-0.1, -0.05) is 50.9 Å². The molecular weight excluding hydrogens is 214 g/mol. The molecule has 0 saturated heterocycles. The lowest BCUT2D eigenvalue weighted by atomic mass is 10.5. The van der Waals surface area contributed by atoms with E-state index in [9.17, 15) is 0 Å². The van der Waals surface area contributed by atoms with Gasteiger partial charge >= 0.3 is 0 Å². The minimum Gasteiger partial charge on any atom is -0.309 e. The highest BCUT2D eigenvalue weighted by atomic mass is 28.3. The van der Waals surface area contributed by atoms with Crippen molar-refractivity contribution in [2.45, 2.75) is 57.3 Å². The van der Waals surface area contributed by atoms with Crippen molar-refractivity contribution >= 4 is 16.1 Å². The molecule has 0 rings (SSSR count). The van der Waals surface area contributed by atoms with Crippen LogP contribution in [0.5, 0.6) is 0 Å². The van der Waals surface area contributed by atoms with Gasteiger partial charge in [-0.2, -0.15) is 0 Å². The second-order valence-electron chi connectivity index (χ2n) is 7.13.